The maximum absolute atomic E-state index is 12.7. The summed E-state index contributed by atoms with van der Waals surface area (Å²) in [6, 6.07) is 14.8. The second-order valence-corrected chi connectivity index (χ2v) is 8.77. The van der Waals surface area contributed by atoms with Crippen LogP contribution in [-0.4, -0.2) is 25.1 Å². The predicted octanol–water partition coefficient (Wildman–Crippen LogP) is 5.20. The minimum atomic E-state index is -0.526. The lowest BCUT2D eigenvalue weighted by Crippen LogP contribution is -2.37. The quantitative estimate of drug-likeness (QED) is 0.717. The van der Waals surface area contributed by atoms with Crippen LogP contribution >= 0.6 is 0 Å². The van der Waals surface area contributed by atoms with E-state index in [1.807, 2.05) is 19.9 Å². The van der Waals surface area contributed by atoms with Gasteiger partial charge in [0.15, 0.2) is 6.10 Å². The summed E-state index contributed by atoms with van der Waals surface area (Å²) in [5.74, 6) is 0.706. The van der Waals surface area contributed by atoms with E-state index in [1.54, 1.807) is 0 Å². The monoisotopic (exact) mass is 406 g/mol. The average Bonchev–Trinajstić information content (AvgIpc) is 2.79. The Bertz CT molecular complexity index is 856. The molecule has 1 amide bonds. The normalized spacial score (nSPS) is 18.3. The van der Waals surface area contributed by atoms with Gasteiger partial charge in [0.1, 0.15) is 5.75 Å². The summed E-state index contributed by atoms with van der Waals surface area (Å²) in [7, 11) is 0. The smallest absolute Gasteiger partial charge is 0.261 e. The molecule has 2 atom stereocenters. The van der Waals surface area contributed by atoms with Gasteiger partial charge in [-0.1, -0.05) is 18.2 Å². The minimum absolute atomic E-state index is 0.0533. The molecule has 4 heteroatoms. The van der Waals surface area contributed by atoms with Crippen LogP contribution in [0.2, 0.25) is 0 Å². The molecular weight excluding hydrogens is 372 g/mol. The van der Waals surface area contributed by atoms with Gasteiger partial charge in [0.05, 0.1) is 6.04 Å². The molecule has 0 saturated carbocycles. The Morgan fingerprint density at radius 2 is 1.60 bits per heavy atom. The molecule has 1 N–H and O–H groups in total. The molecule has 2 aliphatic rings. The number of hydrogen-bond acceptors (Lipinski definition) is 3. The van der Waals surface area contributed by atoms with E-state index in [-0.39, 0.29) is 11.9 Å². The summed E-state index contributed by atoms with van der Waals surface area (Å²) in [6.45, 7) is 6.13. The van der Waals surface area contributed by atoms with Gasteiger partial charge in [-0.3, -0.25) is 4.79 Å². The number of piperidine rings is 1. The molecule has 0 unspecified atom stereocenters. The van der Waals surface area contributed by atoms with Gasteiger partial charge in [0.2, 0.25) is 0 Å². The Labute approximate surface area is 180 Å². The van der Waals surface area contributed by atoms with E-state index in [2.05, 4.69) is 46.6 Å². The zero-order valence-corrected chi connectivity index (χ0v) is 18.3. The van der Waals surface area contributed by atoms with Gasteiger partial charge in [-0.25, -0.2) is 0 Å². The number of rotatable bonds is 6. The Hall–Kier alpha value is -2.49. The van der Waals surface area contributed by atoms with Gasteiger partial charge >= 0.3 is 0 Å². The maximum atomic E-state index is 12.7. The molecular formula is C26H34N2O2. The topological polar surface area (TPSA) is 41.6 Å². The van der Waals surface area contributed by atoms with Crippen LogP contribution in [0.25, 0.3) is 0 Å². The third-order valence-corrected chi connectivity index (χ3v) is 6.48. The van der Waals surface area contributed by atoms with Crippen molar-refractivity contribution >= 4 is 11.6 Å². The summed E-state index contributed by atoms with van der Waals surface area (Å²) in [4.78, 5) is 15.1. The highest BCUT2D eigenvalue weighted by atomic mass is 16.5. The molecule has 1 fully saturated rings. The van der Waals surface area contributed by atoms with E-state index in [9.17, 15) is 4.79 Å². The minimum Gasteiger partial charge on any atom is -0.481 e. The van der Waals surface area contributed by atoms with Crippen LogP contribution in [0, 0.1) is 0 Å². The van der Waals surface area contributed by atoms with Crippen molar-refractivity contribution in [2.24, 2.45) is 0 Å². The first-order chi connectivity index (χ1) is 14.6. The fourth-order valence-electron chi connectivity index (χ4n) is 4.58. The number of carbonyl (C=O) groups is 1. The zero-order valence-electron chi connectivity index (χ0n) is 18.3. The summed E-state index contributed by atoms with van der Waals surface area (Å²) < 4.78 is 5.96. The van der Waals surface area contributed by atoms with Gasteiger partial charge in [-0.2, -0.15) is 0 Å². The molecule has 2 aromatic rings. The van der Waals surface area contributed by atoms with Crippen LogP contribution in [0.1, 0.15) is 68.7 Å². The average molecular weight is 407 g/mol. The summed E-state index contributed by atoms with van der Waals surface area (Å²) >= 11 is 0. The molecule has 1 saturated heterocycles. The third kappa shape index (κ3) is 4.97. The molecule has 1 aliphatic carbocycles. The van der Waals surface area contributed by atoms with Crippen molar-refractivity contribution in [3.8, 4) is 5.75 Å². The van der Waals surface area contributed by atoms with Gasteiger partial charge in [-0.15, -0.1) is 0 Å². The van der Waals surface area contributed by atoms with Crippen molar-refractivity contribution in [1.82, 2.24) is 5.32 Å². The first-order valence-corrected chi connectivity index (χ1v) is 11.5. The number of benzene rings is 2. The summed E-state index contributed by atoms with van der Waals surface area (Å²) in [5, 5.41) is 3.10. The summed E-state index contributed by atoms with van der Waals surface area (Å²) in [5.41, 5.74) is 5.19. The third-order valence-electron chi connectivity index (χ3n) is 6.48. The van der Waals surface area contributed by atoms with Crippen LogP contribution in [0.5, 0.6) is 5.75 Å². The molecule has 160 valence electrons. The standard InChI is InChI=1S/C26H34N2O2/c1-19(21-10-13-24(14-11-21)28-16-6-3-7-17-28)27-26(29)20(2)30-25-15-12-22-8-4-5-9-23(22)18-25/h10-15,18-20H,3-9,16-17H2,1-2H3,(H,27,29)/t19-,20+/m0/s1. The molecule has 0 aromatic heterocycles. The zero-order chi connectivity index (χ0) is 20.9. The molecule has 4 nitrogen and oxygen atoms in total. The van der Waals surface area contributed by atoms with E-state index in [4.69, 9.17) is 4.74 Å². The lowest BCUT2D eigenvalue weighted by molar-refractivity contribution is -0.127. The van der Waals surface area contributed by atoms with E-state index in [1.165, 1.54) is 48.9 Å². The SMILES string of the molecule is C[C@H](NC(=O)[C@@H](C)Oc1ccc2c(c1)CCCC2)c1ccc(N2CCCCC2)cc1. The van der Waals surface area contributed by atoms with Crippen molar-refractivity contribution in [2.45, 2.75) is 70.9 Å². The van der Waals surface area contributed by atoms with Crippen LogP contribution in [0.3, 0.4) is 0 Å². The second-order valence-electron chi connectivity index (χ2n) is 8.77. The van der Waals surface area contributed by atoms with Crippen molar-refractivity contribution < 1.29 is 9.53 Å². The Morgan fingerprint density at radius 3 is 2.33 bits per heavy atom. The van der Waals surface area contributed by atoms with Gasteiger partial charge in [-0.05, 0) is 99.7 Å². The van der Waals surface area contributed by atoms with Crippen LogP contribution in [0.15, 0.2) is 42.5 Å². The van der Waals surface area contributed by atoms with Crippen molar-refractivity contribution in [2.75, 3.05) is 18.0 Å². The maximum Gasteiger partial charge on any atom is 0.261 e. The lowest BCUT2D eigenvalue weighted by atomic mass is 9.92. The van der Waals surface area contributed by atoms with Gasteiger partial charge in [0.25, 0.3) is 5.91 Å². The fourth-order valence-corrected chi connectivity index (χ4v) is 4.58. The van der Waals surface area contributed by atoms with E-state index in [0.29, 0.717) is 0 Å². The number of fused-ring (bicyclic) bond motifs is 1. The highest BCUT2D eigenvalue weighted by molar-refractivity contribution is 5.81. The highest BCUT2D eigenvalue weighted by Gasteiger charge is 2.19. The Kier molecular flexibility index (Phi) is 6.61. The number of carbonyl (C=O) groups excluding carboxylic acids is 1. The molecule has 0 radical (unpaired) electrons. The first-order valence-electron chi connectivity index (χ1n) is 11.5. The van der Waals surface area contributed by atoms with Crippen LogP contribution in [0.4, 0.5) is 5.69 Å². The fraction of sp³-hybridized carbons (Fsp3) is 0.500. The van der Waals surface area contributed by atoms with E-state index < -0.39 is 6.10 Å². The molecule has 2 aromatic carbocycles. The number of nitrogens with zero attached hydrogens (tertiary/aromatic N) is 1. The van der Waals surface area contributed by atoms with Crippen molar-refractivity contribution in [3.63, 3.8) is 0 Å². The van der Waals surface area contributed by atoms with Crippen molar-refractivity contribution in [1.29, 1.82) is 0 Å². The molecule has 1 aliphatic heterocycles. The van der Waals surface area contributed by atoms with Crippen molar-refractivity contribution in [3.05, 3.63) is 59.2 Å². The Morgan fingerprint density at radius 1 is 0.900 bits per heavy atom. The van der Waals surface area contributed by atoms with Crippen LogP contribution < -0.4 is 15.0 Å². The lowest BCUT2D eigenvalue weighted by Gasteiger charge is -2.29. The molecule has 0 bridgehead atoms. The number of aryl methyl sites for hydroxylation is 2. The largest absolute Gasteiger partial charge is 0.481 e. The molecule has 30 heavy (non-hydrogen) atoms. The number of anilines is 1. The van der Waals surface area contributed by atoms with Gasteiger partial charge < -0.3 is 15.0 Å². The first kappa shape index (κ1) is 20.8. The number of amides is 1. The van der Waals surface area contributed by atoms with E-state index in [0.717, 1.165) is 37.2 Å². The van der Waals surface area contributed by atoms with E-state index >= 15 is 0 Å². The highest BCUT2D eigenvalue weighted by Crippen LogP contribution is 2.26. The molecule has 0 spiro atoms. The summed E-state index contributed by atoms with van der Waals surface area (Å²) in [6.07, 6.45) is 8.12. The van der Waals surface area contributed by atoms with Crippen LogP contribution in [-0.2, 0) is 17.6 Å². The van der Waals surface area contributed by atoms with Gasteiger partial charge in [0, 0.05) is 18.8 Å². The molecule has 1 heterocycles. The second kappa shape index (κ2) is 9.55. The molecule has 4 rings (SSSR count). The Balaban J connectivity index is 1.32. The number of hydrogen-bond donors (Lipinski definition) is 1. The number of nitrogens with one attached hydrogen (secondary N) is 1. The number of ether oxygens (including phenoxy) is 1. The predicted molar refractivity (Wildman–Crippen MR) is 122 cm³/mol.